The second kappa shape index (κ2) is 8.33. The molecular weight excluding hydrogens is 316 g/mol. The van der Waals surface area contributed by atoms with Gasteiger partial charge in [-0.2, -0.15) is 0 Å². The highest BCUT2D eigenvalue weighted by Gasteiger charge is 2.19. The summed E-state index contributed by atoms with van der Waals surface area (Å²) in [5.74, 6) is 0.126. The van der Waals surface area contributed by atoms with Crippen LogP contribution in [0.25, 0.3) is 0 Å². The summed E-state index contributed by atoms with van der Waals surface area (Å²) in [5, 5.41) is 2.85. The van der Waals surface area contributed by atoms with Gasteiger partial charge in [0.25, 0.3) is 0 Å². The van der Waals surface area contributed by atoms with Gasteiger partial charge in [0, 0.05) is 13.5 Å². The topological polar surface area (TPSA) is 58.6 Å². The van der Waals surface area contributed by atoms with Gasteiger partial charge < -0.3 is 10.1 Å². The van der Waals surface area contributed by atoms with Crippen LogP contribution in [0.5, 0.6) is 5.75 Å². The molecule has 0 aliphatic heterocycles. The van der Waals surface area contributed by atoms with Crippen LogP contribution in [-0.4, -0.2) is 25.5 Å². The van der Waals surface area contributed by atoms with Gasteiger partial charge in [0.15, 0.2) is 0 Å². The van der Waals surface area contributed by atoms with E-state index in [-0.39, 0.29) is 18.4 Å². The number of hydrogen-bond acceptors (Lipinski definition) is 3. The molecule has 2 aromatic rings. The molecule has 2 rings (SSSR count). The molecule has 5 heteroatoms. The van der Waals surface area contributed by atoms with Gasteiger partial charge in [0.1, 0.15) is 12.3 Å². The minimum atomic E-state index is -0.223. The Balaban J connectivity index is 2.08. The zero-order chi connectivity index (χ0) is 18.4. The van der Waals surface area contributed by atoms with E-state index in [0.29, 0.717) is 18.0 Å². The molecular formula is C20H24N2O3. The van der Waals surface area contributed by atoms with Crippen molar-refractivity contribution in [3.63, 3.8) is 0 Å². The quantitative estimate of drug-likeness (QED) is 0.879. The van der Waals surface area contributed by atoms with Gasteiger partial charge in [-0.1, -0.05) is 35.9 Å². The van der Waals surface area contributed by atoms with Gasteiger partial charge in [-0.25, -0.2) is 0 Å². The number of aryl methyl sites for hydroxylation is 2. The Bertz CT molecular complexity index is 754. The molecule has 0 unspecified atom stereocenters. The first-order chi connectivity index (χ1) is 11.9. The molecule has 25 heavy (non-hydrogen) atoms. The number of rotatable bonds is 6. The number of carbonyl (C=O) groups is 2. The molecule has 1 N–H and O–H groups in total. The summed E-state index contributed by atoms with van der Waals surface area (Å²) in [6.45, 7) is 5.76. The third-order valence-corrected chi connectivity index (χ3v) is 3.92. The van der Waals surface area contributed by atoms with Gasteiger partial charge in [0.2, 0.25) is 11.8 Å². The maximum absolute atomic E-state index is 12.3. The van der Waals surface area contributed by atoms with E-state index in [1.165, 1.54) is 17.4 Å². The van der Waals surface area contributed by atoms with Crippen molar-refractivity contribution in [2.75, 3.05) is 18.6 Å². The van der Waals surface area contributed by atoms with E-state index in [1.54, 1.807) is 13.2 Å². The normalized spacial score (nSPS) is 10.2. The molecule has 0 spiro atoms. The highest BCUT2D eigenvalue weighted by molar-refractivity contribution is 5.98. The molecule has 0 bridgehead atoms. The molecule has 5 nitrogen and oxygen atoms in total. The summed E-state index contributed by atoms with van der Waals surface area (Å²) < 4.78 is 5.33. The van der Waals surface area contributed by atoms with E-state index in [2.05, 4.69) is 5.32 Å². The number of anilines is 1. The highest BCUT2D eigenvalue weighted by atomic mass is 16.5. The second-order valence-electron chi connectivity index (χ2n) is 6.04. The third kappa shape index (κ3) is 5.08. The van der Waals surface area contributed by atoms with Gasteiger partial charge >= 0.3 is 0 Å². The number of amides is 2. The highest BCUT2D eigenvalue weighted by Crippen LogP contribution is 2.29. The van der Waals surface area contributed by atoms with Crippen molar-refractivity contribution in [2.24, 2.45) is 0 Å². The summed E-state index contributed by atoms with van der Waals surface area (Å²) in [4.78, 5) is 25.8. The van der Waals surface area contributed by atoms with Crippen LogP contribution in [-0.2, 0) is 16.1 Å². The lowest BCUT2D eigenvalue weighted by Crippen LogP contribution is -2.39. The summed E-state index contributed by atoms with van der Waals surface area (Å²) in [5.41, 5.74) is 3.77. The van der Waals surface area contributed by atoms with Crippen molar-refractivity contribution in [1.29, 1.82) is 0 Å². The smallest absolute Gasteiger partial charge is 0.240 e. The van der Waals surface area contributed by atoms with Crippen LogP contribution in [0, 0.1) is 13.8 Å². The van der Waals surface area contributed by atoms with Crippen molar-refractivity contribution >= 4 is 17.5 Å². The van der Waals surface area contributed by atoms with Gasteiger partial charge in [-0.15, -0.1) is 0 Å². The fourth-order valence-electron chi connectivity index (χ4n) is 2.48. The molecule has 0 heterocycles. The number of carbonyl (C=O) groups excluding carboxylic acids is 2. The number of ether oxygens (including phenoxy) is 1. The van der Waals surface area contributed by atoms with E-state index < -0.39 is 0 Å². The van der Waals surface area contributed by atoms with E-state index in [1.807, 2.05) is 50.2 Å². The number of methoxy groups -OCH3 is 1. The van der Waals surface area contributed by atoms with Gasteiger partial charge in [-0.05, 0) is 37.1 Å². The average molecular weight is 340 g/mol. The zero-order valence-electron chi connectivity index (χ0n) is 15.1. The molecule has 0 aromatic heterocycles. The molecule has 0 saturated heterocycles. The van der Waals surface area contributed by atoms with E-state index in [9.17, 15) is 9.59 Å². The molecule has 0 atom stereocenters. The summed E-state index contributed by atoms with van der Waals surface area (Å²) in [6.07, 6.45) is 0. The van der Waals surface area contributed by atoms with Crippen LogP contribution in [0.1, 0.15) is 23.6 Å². The Morgan fingerprint density at radius 1 is 1.04 bits per heavy atom. The van der Waals surface area contributed by atoms with Crippen molar-refractivity contribution in [3.8, 4) is 5.75 Å². The summed E-state index contributed by atoms with van der Waals surface area (Å²) >= 11 is 0. The van der Waals surface area contributed by atoms with Crippen molar-refractivity contribution < 1.29 is 14.3 Å². The molecule has 132 valence electrons. The predicted molar refractivity (Wildman–Crippen MR) is 98.8 cm³/mol. The summed E-state index contributed by atoms with van der Waals surface area (Å²) in [6, 6.07) is 13.5. The molecule has 2 amide bonds. The van der Waals surface area contributed by atoms with Crippen LogP contribution in [0.4, 0.5) is 5.69 Å². The predicted octanol–water partition coefficient (Wildman–Crippen LogP) is 2.98. The van der Waals surface area contributed by atoms with E-state index in [4.69, 9.17) is 4.74 Å². The monoisotopic (exact) mass is 340 g/mol. The molecule has 0 fully saturated rings. The maximum Gasteiger partial charge on any atom is 0.240 e. The number of hydrogen-bond donors (Lipinski definition) is 1. The molecule has 0 aliphatic rings. The lowest BCUT2D eigenvalue weighted by molar-refractivity contribution is -0.123. The second-order valence-corrected chi connectivity index (χ2v) is 6.04. The first-order valence-corrected chi connectivity index (χ1v) is 8.15. The Morgan fingerprint density at radius 3 is 2.28 bits per heavy atom. The Labute approximate surface area is 148 Å². The first kappa shape index (κ1) is 18.5. The van der Waals surface area contributed by atoms with Gasteiger partial charge in [0.05, 0.1) is 12.8 Å². The SMILES string of the molecule is COc1ccc(C)cc1N(CC(=O)NCc1ccc(C)cc1)C(C)=O. The average Bonchev–Trinajstić information content (AvgIpc) is 2.59. The standard InChI is InChI=1S/C20H24N2O3/c1-14-5-8-17(9-6-14)12-21-20(24)13-22(16(3)23)18-11-15(2)7-10-19(18)25-4/h5-11H,12-13H2,1-4H3,(H,21,24). The fourth-order valence-corrected chi connectivity index (χ4v) is 2.48. The Kier molecular flexibility index (Phi) is 6.17. The third-order valence-electron chi connectivity index (χ3n) is 3.92. The van der Waals surface area contributed by atoms with Crippen LogP contribution in [0.2, 0.25) is 0 Å². The lowest BCUT2D eigenvalue weighted by Gasteiger charge is -2.23. The Morgan fingerprint density at radius 2 is 1.68 bits per heavy atom. The number of nitrogens with zero attached hydrogens (tertiary/aromatic N) is 1. The van der Waals surface area contributed by atoms with E-state index >= 15 is 0 Å². The lowest BCUT2D eigenvalue weighted by atomic mass is 10.1. The number of benzene rings is 2. The van der Waals surface area contributed by atoms with Crippen molar-refractivity contribution in [3.05, 3.63) is 59.2 Å². The van der Waals surface area contributed by atoms with Crippen LogP contribution in [0.15, 0.2) is 42.5 Å². The molecule has 0 saturated carbocycles. The fraction of sp³-hybridized carbons (Fsp3) is 0.300. The number of nitrogens with one attached hydrogen (secondary N) is 1. The molecule has 2 aromatic carbocycles. The maximum atomic E-state index is 12.3. The van der Waals surface area contributed by atoms with Crippen LogP contribution < -0.4 is 15.0 Å². The Hall–Kier alpha value is -2.82. The van der Waals surface area contributed by atoms with Crippen molar-refractivity contribution in [1.82, 2.24) is 5.32 Å². The minimum absolute atomic E-state index is 0.0546. The van der Waals surface area contributed by atoms with E-state index in [0.717, 1.165) is 11.1 Å². The largest absolute Gasteiger partial charge is 0.495 e. The van der Waals surface area contributed by atoms with Crippen LogP contribution >= 0.6 is 0 Å². The van der Waals surface area contributed by atoms with Crippen LogP contribution in [0.3, 0.4) is 0 Å². The summed E-state index contributed by atoms with van der Waals surface area (Å²) in [7, 11) is 1.55. The zero-order valence-corrected chi connectivity index (χ0v) is 15.1. The minimum Gasteiger partial charge on any atom is -0.495 e. The van der Waals surface area contributed by atoms with Crippen molar-refractivity contribution in [2.45, 2.75) is 27.3 Å². The first-order valence-electron chi connectivity index (χ1n) is 8.15. The molecule has 0 radical (unpaired) electrons. The van der Waals surface area contributed by atoms with Gasteiger partial charge in [-0.3, -0.25) is 14.5 Å². The molecule has 0 aliphatic carbocycles.